The second-order valence-corrected chi connectivity index (χ2v) is 18.8. The van der Waals surface area contributed by atoms with Crippen LogP contribution in [0.25, 0.3) is 0 Å². The standard InChI is InChI=1S/C49H71N7O7/c1-9-30(6)44(57)53-42(28(2)3)48(61)55-26-14-22-38(55)46(59)51-36-20-10-18-34-32(36)16-12-24-40(34)63-41-25-13-17-33-35(41)19-11-21-37(33)52-47(60)39-23-15-27-56(39)49(62)43(29(4)5)54-45(58)31(7)50-8/h12-13,16-17,24-25,28-31,36-39,42-43,50H,9-11,14-15,18-23,26-27H2,1-8H3,(H,51,59)(H,52,60)(H,53,57)(H,54,58)/t30-,31+,36-,37-,38+,39+,42+,43+/m1/s1. The number of likely N-dealkylation sites (N-methyl/N-ethyl adjacent to an activating group) is 1. The van der Waals surface area contributed by atoms with Crippen LogP contribution < -0.4 is 31.3 Å². The smallest absolute Gasteiger partial charge is 0.246 e. The van der Waals surface area contributed by atoms with Crippen LogP contribution >= 0.6 is 0 Å². The van der Waals surface area contributed by atoms with Gasteiger partial charge < -0.3 is 41.1 Å². The van der Waals surface area contributed by atoms with E-state index >= 15 is 0 Å². The zero-order valence-corrected chi connectivity index (χ0v) is 38.7. The van der Waals surface area contributed by atoms with E-state index in [2.05, 4.69) is 26.6 Å². The van der Waals surface area contributed by atoms with Crippen LogP contribution in [0.1, 0.15) is 141 Å². The lowest BCUT2D eigenvalue weighted by Gasteiger charge is -2.33. The second-order valence-electron chi connectivity index (χ2n) is 18.8. The van der Waals surface area contributed by atoms with E-state index in [0.29, 0.717) is 45.2 Å². The number of ether oxygens (including phenoxy) is 1. The van der Waals surface area contributed by atoms with Crippen LogP contribution in [-0.2, 0) is 41.6 Å². The zero-order chi connectivity index (χ0) is 45.5. The summed E-state index contributed by atoms with van der Waals surface area (Å²) in [7, 11) is 1.70. The number of carbonyl (C=O) groups is 6. The fraction of sp³-hybridized carbons (Fsp3) is 0.633. The number of nitrogens with one attached hydrogen (secondary N) is 5. The van der Waals surface area contributed by atoms with E-state index in [1.807, 2.05) is 77.9 Å². The maximum atomic E-state index is 14.0. The van der Waals surface area contributed by atoms with Gasteiger partial charge in [-0.15, -0.1) is 0 Å². The third-order valence-electron chi connectivity index (χ3n) is 13.8. The van der Waals surface area contributed by atoms with Crippen LogP contribution in [0.5, 0.6) is 11.5 Å². The number of fused-ring (bicyclic) bond motifs is 2. The molecular weight excluding hydrogens is 799 g/mol. The molecule has 0 aromatic heterocycles. The summed E-state index contributed by atoms with van der Waals surface area (Å²) in [6.45, 7) is 14.1. The Labute approximate surface area is 373 Å². The first-order valence-corrected chi connectivity index (χ1v) is 23.6. The van der Waals surface area contributed by atoms with Gasteiger partial charge in [-0.1, -0.05) is 65.8 Å². The Morgan fingerprint density at radius 2 is 1.08 bits per heavy atom. The van der Waals surface area contributed by atoms with Gasteiger partial charge >= 0.3 is 0 Å². The molecule has 6 rings (SSSR count). The molecule has 344 valence electrons. The number of hydrogen-bond donors (Lipinski definition) is 5. The minimum atomic E-state index is -0.737. The van der Waals surface area contributed by atoms with E-state index in [-0.39, 0.29) is 65.3 Å². The number of rotatable bonds is 16. The van der Waals surface area contributed by atoms with E-state index in [9.17, 15) is 28.8 Å². The number of likely N-dealkylation sites (tertiary alicyclic amines) is 2. The molecule has 0 radical (unpaired) electrons. The molecular formula is C49H71N7O7. The van der Waals surface area contributed by atoms with E-state index < -0.39 is 30.2 Å². The highest BCUT2D eigenvalue weighted by molar-refractivity contribution is 5.94. The Hall–Kier alpha value is -4.98. The van der Waals surface area contributed by atoms with Gasteiger partial charge in [0.25, 0.3) is 0 Å². The minimum absolute atomic E-state index is 0.129. The third-order valence-corrected chi connectivity index (χ3v) is 13.8. The number of hydrogen-bond acceptors (Lipinski definition) is 8. The van der Waals surface area contributed by atoms with Gasteiger partial charge in [-0.3, -0.25) is 28.8 Å². The van der Waals surface area contributed by atoms with Gasteiger partial charge in [0, 0.05) is 30.1 Å². The molecule has 14 heteroatoms. The molecule has 63 heavy (non-hydrogen) atoms. The summed E-state index contributed by atoms with van der Waals surface area (Å²) in [6, 6.07) is 8.33. The summed E-state index contributed by atoms with van der Waals surface area (Å²) in [5.74, 6) is -0.243. The van der Waals surface area contributed by atoms with Crippen LogP contribution in [0.2, 0.25) is 0 Å². The Kier molecular flexibility index (Phi) is 15.9. The Morgan fingerprint density at radius 1 is 0.635 bits per heavy atom. The highest BCUT2D eigenvalue weighted by Gasteiger charge is 2.42. The van der Waals surface area contributed by atoms with E-state index in [1.54, 1.807) is 23.8 Å². The van der Waals surface area contributed by atoms with Gasteiger partial charge in [0.1, 0.15) is 35.7 Å². The normalized spacial score (nSPS) is 22.6. The molecule has 2 aliphatic heterocycles. The zero-order valence-electron chi connectivity index (χ0n) is 38.7. The Morgan fingerprint density at radius 3 is 1.49 bits per heavy atom. The molecule has 5 N–H and O–H groups in total. The van der Waals surface area contributed by atoms with Gasteiger partial charge in [-0.25, -0.2) is 0 Å². The average Bonchev–Trinajstić information content (AvgIpc) is 3.98. The van der Waals surface area contributed by atoms with Crippen molar-refractivity contribution < 1.29 is 33.5 Å². The van der Waals surface area contributed by atoms with E-state index in [4.69, 9.17) is 4.74 Å². The number of amides is 6. The lowest BCUT2D eigenvalue weighted by molar-refractivity contribution is -0.143. The molecule has 4 aliphatic rings. The van der Waals surface area contributed by atoms with Crippen molar-refractivity contribution in [3.63, 3.8) is 0 Å². The van der Waals surface area contributed by atoms with Gasteiger partial charge in [0.05, 0.1) is 18.1 Å². The van der Waals surface area contributed by atoms with Crippen LogP contribution in [0, 0.1) is 17.8 Å². The highest BCUT2D eigenvalue weighted by atomic mass is 16.5. The molecule has 8 atom stereocenters. The molecule has 2 aliphatic carbocycles. The maximum Gasteiger partial charge on any atom is 0.246 e. The number of carbonyl (C=O) groups excluding carboxylic acids is 6. The van der Waals surface area contributed by atoms with Crippen molar-refractivity contribution in [1.82, 2.24) is 36.4 Å². The quantitative estimate of drug-likeness (QED) is 0.149. The highest BCUT2D eigenvalue weighted by Crippen LogP contribution is 2.41. The summed E-state index contributed by atoms with van der Waals surface area (Å²) < 4.78 is 6.78. The molecule has 2 fully saturated rings. The molecule has 2 heterocycles. The first kappa shape index (κ1) is 47.5. The fourth-order valence-corrected chi connectivity index (χ4v) is 9.66. The Balaban J connectivity index is 1.14. The van der Waals surface area contributed by atoms with Crippen molar-refractivity contribution in [3.05, 3.63) is 58.7 Å². The van der Waals surface area contributed by atoms with Crippen molar-refractivity contribution in [1.29, 1.82) is 0 Å². The molecule has 0 spiro atoms. The van der Waals surface area contributed by atoms with Crippen molar-refractivity contribution in [3.8, 4) is 11.5 Å². The Bertz CT molecular complexity index is 1860. The first-order chi connectivity index (χ1) is 30.1. The molecule has 2 saturated heterocycles. The monoisotopic (exact) mass is 870 g/mol. The molecule has 2 aromatic rings. The predicted molar refractivity (Wildman–Crippen MR) is 242 cm³/mol. The lowest BCUT2D eigenvalue weighted by Crippen LogP contribution is -2.57. The molecule has 0 bridgehead atoms. The van der Waals surface area contributed by atoms with Gasteiger partial charge in [0.15, 0.2) is 0 Å². The first-order valence-electron chi connectivity index (χ1n) is 23.6. The molecule has 14 nitrogen and oxygen atoms in total. The summed E-state index contributed by atoms with van der Waals surface area (Å²) in [4.78, 5) is 84.7. The van der Waals surface area contributed by atoms with Crippen molar-refractivity contribution >= 4 is 35.4 Å². The largest absolute Gasteiger partial charge is 0.457 e. The van der Waals surface area contributed by atoms with Gasteiger partial charge in [0.2, 0.25) is 35.4 Å². The van der Waals surface area contributed by atoms with Gasteiger partial charge in [-0.2, -0.15) is 0 Å². The number of benzene rings is 2. The van der Waals surface area contributed by atoms with Crippen LogP contribution in [-0.4, -0.2) is 95.6 Å². The topological polar surface area (TPSA) is 178 Å². The van der Waals surface area contributed by atoms with Crippen LogP contribution in [0.3, 0.4) is 0 Å². The van der Waals surface area contributed by atoms with Crippen molar-refractivity contribution in [2.24, 2.45) is 17.8 Å². The van der Waals surface area contributed by atoms with Crippen molar-refractivity contribution in [2.75, 3.05) is 20.1 Å². The molecule has 0 saturated carbocycles. The lowest BCUT2D eigenvalue weighted by atomic mass is 9.86. The van der Waals surface area contributed by atoms with Gasteiger partial charge in [-0.05, 0) is 120 Å². The fourth-order valence-electron chi connectivity index (χ4n) is 9.66. The summed E-state index contributed by atoms with van der Waals surface area (Å²) >= 11 is 0. The van der Waals surface area contributed by atoms with E-state index in [0.717, 1.165) is 72.3 Å². The summed E-state index contributed by atoms with van der Waals surface area (Å²) in [6.07, 6.45) is 8.01. The minimum Gasteiger partial charge on any atom is -0.457 e. The van der Waals surface area contributed by atoms with Crippen molar-refractivity contribution in [2.45, 2.75) is 161 Å². The van der Waals surface area contributed by atoms with Crippen LogP contribution in [0.4, 0.5) is 0 Å². The number of nitrogens with zero attached hydrogens (tertiary/aromatic N) is 2. The third kappa shape index (κ3) is 10.7. The molecule has 6 amide bonds. The second kappa shape index (κ2) is 21.1. The maximum absolute atomic E-state index is 14.0. The van der Waals surface area contributed by atoms with E-state index in [1.165, 1.54) is 0 Å². The SMILES string of the molecule is CC[C@@H](C)C(=O)N[C@H](C(=O)N1CCC[C@H]1C(=O)N[C@@H]1CCCc2c(Oc3cccc4c3CCC[C@H]4NC(=O)[C@@H]3CCCN3C(=O)[C@@H](NC(=O)[C@H](C)NC)C(C)C)cccc21)C(C)C. The molecule has 2 aromatic carbocycles. The summed E-state index contributed by atoms with van der Waals surface area (Å²) in [5, 5.41) is 15.4. The average molecular weight is 870 g/mol. The molecule has 0 unspecified atom stereocenters. The summed E-state index contributed by atoms with van der Waals surface area (Å²) in [5.41, 5.74) is 4.09. The van der Waals surface area contributed by atoms with Crippen LogP contribution in [0.15, 0.2) is 36.4 Å². The predicted octanol–water partition coefficient (Wildman–Crippen LogP) is 5.38.